The molecular weight excluding hydrogens is 2020 g/mol. The molecule has 6 rings (SSSR count). The van der Waals surface area contributed by atoms with Gasteiger partial charge in [-0.2, -0.15) is 5.06 Å². The van der Waals surface area contributed by atoms with E-state index in [1.165, 1.54) is 83.8 Å². The summed E-state index contributed by atoms with van der Waals surface area (Å²) >= 11 is 4.71. The summed E-state index contributed by atoms with van der Waals surface area (Å²) in [6.45, 7) is 40.1. The lowest BCUT2D eigenvalue weighted by Gasteiger charge is -2.28. The number of amidine groups is 1. The Morgan fingerprint density at radius 1 is 0.473 bits per heavy atom. The normalized spacial score (nSPS) is 14.3. The minimum absolute atomic E-state index is 0. The number of nitrogens with two attached hydrogens (primary N) is 3. The van der Waals surface area contributed by atoms with Crippen LogP contribution in [-0.2, 0) is 124 Å². The lowest BCUT2D eigenvalue weighted by Crippen LogP contribution is -3.00. The molecule has 4 aliphatic heterocycles. The molecule has 15 N–H and O–H groups in total. The zero-order valence-corrected chi connectivity index (χ0v) is 92.0. The summed E-state index contributed by atoms with van der Waals surface area (Å²) in [6.07, 6.45) is 19.1. The van der Waals surface area contributed by atoms with Gasteiger partial charge in [-0.3, -0.25) is 85.5 Å². The lowest BCUT2D eigenvalue weighted by molar-refractivity contribution is -0.484. The van der Waals surface area contributed by atoms with E-state index in [0.717, 1.165) is 43.5 Å². The maximum Gasteiger partial charge on any atom is 0.762 e. The van der Waals surface area contributed by atoms with E-state index in [9.17, 15) is 84.9 Å². The Kier molecular flexibility index (Phi) is 110. The SMILES string of the molecule is C(=NC1CCCCC1)=NC1CCCCC1.C=CC(=O)Cl.CCN(C(C)C)C(C)C.CCN(C(C)C)C(C)C.CCN(CC)CC.CN(C)C(ON1C(=O)CCC1=O)=[N+](C)C.FB(F)F.NCCCCC(N)C(=O)O.NCCCCC(NC(=O)COCCOCCO)C(=O)O.O=C(COCCOCCO)ON1C(=O)CCC1=O.O=C(COCCOCCO)ON1C(=O)CCC1=O.O=C(O)COCCOCCO.O=C1CCC(=O)N1O.[F-]. The van der Waals surface area contributed by atoms with Gasteiger partial charge in [-0.15, -0.1) is 10.1 Å². The van der Waals surface area contributed by atoms with Crippen molar-refractivity contribution in [2.24, 2.45) is 27.2 Å². The third-order valence-corrected chi connectivity index (χ3v) is 20.2. The molecular formula is C95H179BClF4N15O34. The van der Waals surface area contributed by atoms with Crippen LogP contribution in [0.15, 0.2) is 22.6 Å². The van der Waals surface area contributed by atoms with Crippen LogP contribution in [-0.4, -0.2) is 448 Å². The molecule has 4 heterocycles. The van der Waals surface area contributed by atoms with Crippen molar-refractivity contribution in [2.75, 3.05) is 206 Å². The molecule has 55 heteroatoms. The molecule has 0 bridgehead atoms. The number of rotatable bonds is 54. The van der Waals surface area contributed by atoms with E-state index < -0.39 is 96.1 Å². The van der Waals surface area contributed by atoms with E-state index in [-0.39, 0.29) is 198 Å². The van der Waals surface area contributed by atoms with Gasteiger partial charge in [-0.05, 0) is 177 Å². The van der Waals surface area contributed by atoms with Gasteiger partial charge in [-0.1, -0.05) is 91.2 Å². The summed E-state index contributed by atoms with van der Waals surface area (Å²) in [5.41, 5.74) is 15.7. The fraction of sp³-hybridized carbons (Fsp3) is 0.800. The van der Waals surface area contributed by atoms with E-state index >= 15 is 0 Å². The molecule has 0 aromatic rings. The first kappa shape index (κ1) is 156. The van der Waals surface area contributed by atoms with Crippen LogP contribution in [0.2, 0.25) is 0 Å². The topological polar surface area (TPSA) is 663 Å². The number of imide groups is 4. The summed E-state index contributed by atoms with van der Waals surface area (Å²) in [7, 11) is 3.45. The maximum atomic E-state index is 11.5. The average Bonchev–Trinajstić information content (AvgIpc) is 1.71. The fourth-order valence-corrected chi connectivity index (χ4v) is 12.8. The molecule has 49 nitrogen and oxygen atoms in total. The zero-order valence-electron chi connectivity index (χ0n) is 91.3. The van der Waals surface area contributed by atoms with E-state index in [2.05, 4.69) is 147 Å². The highest BCUT2D eigenvalue weighted by atomic mass is 35.5. The molecule has 4 saturated heterocycles. The highest BCUT2D eigenvalue weighted by Crippen LogP contribution is 2.22. The number of carbonyl (C=O) groups is 15. The Bertz CT molecular complexity index is 3490. The van der Waals surface area contributed by atoms with Crippen LogP contribution in [0.1, 0.15) is 244 Å². The Balaban J connectivity index is -0.000000247. The van der Waals surface area contributed by atoms with Gasteiger partial charge in [0.1, 0.15) is 38.5 Å². The van der Waals surface area contributed by atoms with Crippen LogP contribution in [0.5, 0.6) is 0 Å². The number of aliphatic hydroxyl groups excluding tert-OH is 4. The first-order valence-corrected chi connectivity index (χ1v) is 50.6. The number of aliphatic carboxylic acids is 3. The van der Waals surface area contributed by atoms with Crippen molar-refractivity contribution in [1.82, 2.24) is 45.2 Å². The van der Waals surface area contributed by atoms with Crippen molar-refractivity contribution < 1.29 is 188 Å². The number of nitrogens with one attached hydrogen (secondary N) is 1. The number of aliphatic hydroxyl groups is 4. The van der Waals surface area contributed by atoms with Gasteiger partial charge in [0.15, 0.2) is 0 Å². The van der Waals surface area contributed by atoms with Gasteiger partial charge >= 0.3 is 43.4 Å². The molecule has 6 aliphatic rings. The number of unbranched alkanes of at least 4 members (excludes halogenated alkanes) is 2. The number of aliphatic imine (C=N–C) groups is 2. The summed E-state index contributed by atoms with van der Waals surface area (Å²) < 4.78 is 69.6. The monoisotopic (exact) mass is 2200 g/mol. The van der Waals surface area contributed by atoms with Gasteiger partial charge in [-0.25, -0.2) is 38.6 Å². The number of allylic oxidation sites excluding steroid dienone is 1. The molecule has 6 fully saturated rings. The van der Waals surface area contributed by atoms with Crippen LogP contribution in [0.25, 0.3) is 0 Å². The Hall–Kier alpha value is -9.25. The molecule has 876 valence electrons. The van der Waals surface area contributed by atoms with Crippen LogP contribution in [0.4, 0.5) is 12.9 Å². The lowest BCUT2D eigenvalue weighted by atomic mass is 9.96. The Labute approximate surface area is 886 Å². The van der Waals surface area contributed by atoms with Crippen LogP contribution >= 0.6 is 11.6 Å². The second kappa shape index (κ2) is 105. The molecule has 2 aliphatic carbocycles. The minimum Gasteiger partial charge on any atom is -1.00 e. The molecule has 0 spiro atoms. The van der Waals surface area contributed by atoms with Crippen molar-refractivity contribution in [1.29, 1.82) is 0 Å². The Morgan fingerprint density at radius 3 is 0.987 bits per heavy atom. The number of carbonyl (C=O) groups excluding carboxylic acids is 12. The number of ether oxygens (including phenoxy) is 8. The summed E-state index contributed by atoms with van der Waals surface area (Å²) in [5.74, 6) is -8.81. The summed E-state index contributed by atoms with van der Waals surface area (Å²) in [5, 5.41) is 71.1. The van der Waals surface area contributed by atoms with E-state index in [4.69, 9.17) is 108 Å². The Morgan fingerprint density at radius 2 is 0.760 bits per heavy atom. The molecule has 0 radical (unpaired) electrons. The summed E-state index contributed by atoms with van der Waals surface area (Å²) in [6, 6.07) is 5.61. The van der Waals surface area contributed by atoms with Gasteiger partial charge < -0.3 is 115 Å². The molecule has 2 saturated carbocycles. The molecule has 150 heavy (non-hydrogen) atoms. The van der Waals surface area contributed by atoms with Crippen molar-refractivity contribution in [2.45, 2.75) is 292 Å². The predicted molar refractivity (Wildman–Crippen MR) is 546 cm³/mol. The first-order chi connectivity index (χ1) is 70.5. The maximum absolute atomic E-state index is 11.5. The van der Waals surface area contributed by atoms with Crippen molar-refractivity contribution in [3.8, 4) is 0 Å². The van der Waals surface area contributed by atoms with Crippen molar-refractivity contribution in [3.05, 3.63) is 12.7 Å². The predicted octanol–water partition coefficient (Wildman–Crippen LogP) is 1.60. The number of amides is 9. The van der Waals surface area contributed by atoms with Gasteiger partial charge in [0.05, 0.1) is 152 Å². The van der Waals surface area contributed by atoms with E-state index in [0.29, 0.717) is 91.4 Å². The second-order valence-electron chi connectivity index (χ2n) is 33.7. The second-order valence-corrected chi connectivity index (χ2v) is 34.1. The van der Waals surface area contributed by atoms with E-state index in [1.807, 2.05) is 0 Å². The third kappa shape index (κ3) is 94.7. The fourth-order valence-electron chi connectivity index (χ4n) is 12.8. The molecule has 0 aromatic heterocycles. The van der Waals surface area contributed by atoms with Gasteiger partial charge in [0.25, 0.3) is 47.3 Å². The van der Waals surface area contributed by atoms with Crippen molar-refractivity contribution in [3.63, 3.8) is 0 Å². The van der Waals surface area contributed by atoms with Crippen molar-refractivity contribution >= 4 is 119 Å². The summed E-state index contributed by atoms with van der Waals surface area (Å²) in [4.78, 5) is 194. The van der Waals surface area contributed by atoms with Crippen LogP contribution < -0.4 is 27.2 Å². The van der Waals surface area contributed by atoms with E-state index in [1.54, 1.807) is 37.7 Å². The first-order valence-electron chi connectivity index (χ1n) is 50.2. The number of hydroxylamine groups is 8. The minimum atomic E-state index is -3.67. The molecule has 0 aromatic carbocycles. The molecule has 2 unspecified atom stereocenters. The average molecular weight is 2200 g/mol. The smallest absolute Gasteiger partial charge is 0.762 e. The zero-order chi connectivity index (χ0) is 115. The number of hydrogen-bond acceptors (Lipinski definition) is 39. The number of nitrogens with zero attached hydrogens (tertiary/aromatic N) is 11. The van der Waals surface area contributed by atoms with Gasteiger partial charge in [0.2, 0.25) is 11.1 Å². The number of halogens is 5. The highest BCUT2D eigenvalue weighted by molar-refractivity contribution is 6.66. The highest BCUT2D eigenvalue weighted by Gasteiger charge is 2.37. The largest absolute Gasteiger partial charge is 1.00 e. The van der Waals surface area contributed by atoms with Gasteiger partial charge in [0, 0.05) is 75.5 Å². The molecule has 2 atom stereocenters. The van der Waals surface area contributed by atoms with Crippen LogP contribution in [0.3, 0.4) is 0 Å². The quantitative estimate of drug-likeness (QED) is 0.00393. The molecule has 9 amide bonds. The number of carboxylic acid groups (broad SMARTS) is 3. The number of hydrogen-bond donors (Lipinski definition) is 12. The standard InChI is InChI=1S/C13H22N2.C12H24N2O6.2C10H15NO7.C9H16N3O3.2C8H19N.C6H14N2O2.C6H15N.C6H12O5.C4H5NO3.C3H3ClO.BF3.FH/c1-3-7-12(8-4-1)14-11-15-13-9-5-2-6-10-13;13-4-2-1-3-10(12(17)18)14-11(16)9-20-8-7-19-6-5-15;2*12-3-4-16-5-6-17-7-10(15)18-11-8(13)1-2-9(11)14;1-10(2)9(11(3)4)15-12-7(13)5-6-8(12)14;2*1-6-9(7(2)3)8(4)5;7-4-2-1-3-5(8)6(9)10;1-4-7(5-2)6-3;7-1-2-10-3-4-11-5-6(8)9;6-3-1-2-4(7)5(3)8;1-2-3(4)5;2-1(3)4;/h12-13H,1-10H2;10,15H,1-9,13H2,(H,14,16)(H,17,18);2*12H,1-7H2;5-6H2,1-4H3;2*7-8H,6H2,1-5H3;5H,1-4,7-8H2,(H,9,10);4-6H2,1-3H3;7H,1-5H2,(H,8,9);8H,1-2H2;2H,1H2;;1H/q;;;;+1;;;;;;;;;/p-1. The number of carboxylic acids is 3. The van der Waals surface area contributed by atoms with Crippen LogP contribution in [0, 0.1) is 0 Å². The third-order valence-electron chi connectivity index (χ3n) is 20.1.